The maximum absolute atomic E-state index is 11.9. The lowest BCUT2D eigenvalue weighted by atomic mass is 10.1. The Morgan fingerprint density at radius 3 is 3.06 bits per heavy atom. The number of likely N-dealkylation sites (tertiary alicyclic amines) is 1. The number of urea groups is 1. The van der Waals surface area contributed by atoms with Gasteiger partial charge in [-0.1, -0.05) is 17.7 Å². The molecule has 0 aliphatic carbocycles. The lowest BCUT2D eigenvalue weighted by molar-refractivity contribution is 0.0883. The van der Waals surface area contributed by atoms with Crippen LogP contribution >= 0.6 is 11.6 Å². The summed E-state index contributed by atoms with van der Waals surface area (Å²) < 4.78 is 0. The predicted octanol–water partition coefficient (Wildman–Crippen LogP) is 2.33. The minimum atomic E-state index is -0.408. The first-order valence-electron chi connectivity index (χ1n) is 5.65. The third kappa shape index (κ3) is 3.35. The number of anilines is 1. The highest BCUT2D eigenvalue weighted by Gasteiger charge is 2.21. The summed E-state index contributed by atoms with van der Waals surface area (Å²) in [5.74, 6) is 0. The van der Waals surface area contributed by atoms with Crippen molar-refractivity contribution in [3.63, 3.8) is 0 Å². The third-order valence-corrected chi connectivity index (χ3v) is 2.99. The molecule has 2 N–H and O–H groups in total. The van der Waals surface area contributed by atoms with Crippen molar-refractivity contribution < 1.29 is 9.90 Å². The number of nitrogens with one attached hydrogen (secondary N) is 1. The molecule has 2 amide bonds. The minimum absolute atomic E-state index is 0.189. The number of nitrogens with zero attached hydrogens (tertiary/aromatic N) is 1. The fourth-order valence-electron chi connectivity index (χ4n) is 1.91. The van der Waals surface area contributed by atoms with E-state index >= 15 is 0 Å². The summed E-state index contributed by atoms with van der Waals surface area (Å²) in [6.07, 6.45) is 1.19. The lowest BCUT2D eigenvalue weighted by Crippen LogP contribution is -2.44. The molecule has 0 bridgehead atoms. The number of carbonyl (C=O) groups is 1. The van der Waals surface area contributed by atoms with Gasteiger partial charge in [-0.15, -0.1) is 0 Å². The smallest absolute Gasteiger partial charge is 0.321 e. The van der Waals surface area contributed by atoms with Crippen molar-refractivity contribution >= 4 is 23.3 Å². The topological polar surface area (TPSA) is 52.6 Å². The number of aliphatic hydroxyl groups excluding tert-OH is 1. The average molecular weight is 255 g/mol. The Labute approximate surface area is 105 Å². The molecule has 2 rings (SSSR count). The zero-order chi connectivity index (χ0) is 12.3. The van der Waals surface area contributed by atoms with Gasteiger partial charge in [0.15, 0.2) is 0 Å². The van der Waals surface area contributed by atoms with Crippen molar-refractivity contribution in [3.8, 4) is 0 Å². The maximum atomic E-state index is 11.9. The predicted molar refractivity (Wildman–Crippen MR) is 67.3 cm³/mol. The Morgan fingerprint density at radius 1 is 1.53 bits per heavy atom. The molecule has 1 aromatic carbocycles. The molecule has 1 fully saturated rings. The van der Waals surface area contributed by atoms with Gasteiger partial charge in [0.05, 0.1) is 6.10 Å². The van der Waals surface area contributed by atoms with Crippen molar-refractivity contribution in [2.75, 3.05) is 18.4 Å². The molecule has 5 heteroatoms. The van der Waals surface area contributed by atoms with Crippen molar-refractivity contribution in [3.05, 3.63) is 29.3 Å². The van der Waals surface area contributed by atoms with E-state index in [1.54, 1.807) is 29.2 Å². The van der Waals surface area contributed by atoms with Crippen LogP contribution in [0.2, 0.25) is 5.02 Å². The summed E-state index contributed by atoms with van der Waals surface area (Å²) in [4.78, 5) is 13.5. The Bertz CT molecular complexity index is 411. The largest absolute Gasteiger partial charge is 0.391 e. The molecule has 0 saturated carbocycles. The second-order valence-electron chi connectivity index (χ2n) is 4.18. The molecule has 1 heterocycles. The molecule has 1 aliphatic heterocycles. The van der Waals surface area contributed by atoms with Crippen LogP contribution in [-0.2, 0) is 0 Å². The first kappa shape index (κ1) is 12.2. The molecule has 92 valence electrons. The molecule has 1 aliphatic rings. The van der Waals surface area contributed by atoms with E-state index in [0.29, 0.717) is 23.8 Å². The SMILES string of the molecule is O=C(Nc1cccc(Cl)c1)N1CCC[C@H](O)C1. The van der Waals surface area contributed by atoms with E-state index in [0.717, 1.165) is 12.8 Å². The molecule has 0 radical (unpaired) electrons. The summed E-state index contributed by atoms with van der Waals surface area (Å²) in [6.45, 7) is 1.08. The summed E-state index contributed by atoms with van der Waals surface area (Å²) in [6, 6.07) is 6.82. The molecule has 17 heavy (non-hydrogen) atoms. The standard InChI is InChI=1S/C12H15ClN2O2/c13-9-3-1-4-10(7-9)14-12(17)15-6-2-5-11(16)8-15/h1,3-4,7,11,16H,2,5-6,8H2,(H,14,17)/t11-/m0/s1. The first-order chi connectivity index (χ1) is 8.15. The fraction of sp³-hybridized carbons (Fsp3) is 0.417. The van der Waals surface area contributed by atoms with Crippen LogP contribution in [0.3, 0.4) is 0 Å². The molecule has 0 unspecified atom stereocenters. The van der Waals surface area contributed by atoms with E-state index in [2.05, 4.69) is 5.32 Å². The van der Waals surface area contributed by atoms with Gasteiger partial charge in [0.2, 0.25) is 0 Å². The van der Waals surface area contributed by atoms with Crippen LogP contribution in [0.5, 0.6) is 0 Å². The lowest BCUT2D eigenvalue weighted by Gasteiger charge is -2.30. The number of halogens is 1. The molecule has 1 saturated heterocycles. The van der Waals surface area contributed by atoms with Gasteiger partial charge in [0.25, 0.3) is 0 Å². The number of carbonyl (C=O) groups excluding carboxylic acids is 1. The van der Waals surface area contributed by atoms with Crippen LogP contribution in [0.15, 0.2) is 24.3 Å². The quantitative estimate of drug-likeness (QED) is 0.808. The molecule has 4 nitrogen and oxygen atoms in total. The number of β-amino-alcohol motifs (C(OH)–C–C–N with tert-alkyl or cyclic N) is 1. The van der Waals surface area contributed by atoms with Gasteiger partial charge >= 0.3 is 6.03 Å². The van der Waals surface area contributed by atoms with Gasteiger partial charge in [-0.05, 0) is 31.0 Å². The highest BCUT2D eigenvalue weighted by atomic mass is 35.5. The monoisotopic (exact) mass is 254 g/mol. The van der Waals surface area contributed by atoms with E-state index in [9.17, 15) is 9.90 Å². The van der Waals surface area contributed by atoms with Crippen molar-refractivity contribution in [1.82, 2.24) is 4.90 Å². The molecular weight excluding hydrogens is 240 g/mol. The third-order valence-electron chi connectivity index (χ3n) is 2.76. The zero-order valence-electron chi connectivity index (χ0n) is 9.40. The van der Waals surface area contributed by atoms with Crippen LogP contribution in [0, 0.1) is 0 Å². The van der Waals surface area contributed by atoms with Gasteiger partial charge in [0.1, 0.15) is 0 Å². The fourth-order valence-corrected chi connectivity index (χ4v) is 2.10. The number of hydrogen-bond acceptors (Lipinski definition) is 2. The van der Waals surface area contributed by atoms with Crippen molar-refractivity contribution in [1.29, 1.82) is 0 Å². The zero-order valence-corrected chi connectivity index (χ0v) is 10.2. The molecule has 1 atom stereocenters. The van der Waals surface area contributed by atoms with Gasteiger partial charge in [0, 0.05) is 23.8 Å². The molecular formula is C12H15ClN2O2. The normalized spacial score (nSPS) is 20.1. The summed E-state index contributed by atoms with van der Waals surface area (Å²) in [7, 11) is 0. The van der Waals surface area contributed by atoms with Gasteiger partial charge < -0.3 is 15.3 Å². The van der Waals surface area contributed by atoms with Gasteiger partial charge in [-0.2, -0.15) is 0 Å². The number of piperidine rings is 1. The Balaban J connectivity index is 1.96. The Kier molecular flexibility index (Phi) is 3.86. The van der Waals surface area contributed by atoms with E-state index in [-0.39, 0.29) is 6.03 Å². The molecule has 1 aromatic rings. The molecule has 0 spiro atoms. The van der Waals surface area contributed by atoms with E-state index in [4.69, 9.17) is 11.6 Å². The van der Waals surface area contributed by atoms with Crippen molar-refractivity contribution in [2.24, 2.45) is 0 Å². The first-order valence-corrected chi connectivity index (χ1v) is 6.02. The summed E-state index contributed by atoms with van der Waals surface area (Å²) >= 11 is 5.83. The minimum Gasteiger partial charge on any atom is -0.391 e. The second kappa shape index (κ2) is 5.38. The van der Waals surface area contributed by atoms with E-state index < -0.39 is 6.10 Å². The van der Waals surface area contributed by atoms with Crippen LogP contribution in [-0.4, -0.2) is 35.2 Å². The number of rotatable bonds is 1. The number of hydrogen-bond donors (Lipinski definition) is 2. The maximum Gasteiger partial charge on any atom is 0.321 e. The van der Waals surface area contributed by atoms with Crippen LogP contribution in [0.4, 0.5) is 10.5 Å². The van der Waals surface area contributed by atoms with Crippen LogP contribution in [0.1, 0.15) is 12.8 Å². The summed E-state index contributed by atoms with van der Waals surface area (Å²) in [5.41, 5.74) is 0.669. The van der Waals surface area contributed by atoms with Gasteiger partial charge in [-0.3, -0.25) is 0 Å². The Hall–Kier alpha value is -1.26. The molecule has 0 aromatic heterocycles. The Morgan fingerprint density at radius 2 is 2.35 bits per heavy atom. The van der Waals surface area contributed by atoms with Crippen LogP contribution in [0.25, 0.3) is 0 Å². The van der Waals surface area contributed by atoms with Crippen LogP contribution < -0.4 is 5.32 Å². The average Bonchev–Trinajstić information content (AvgIpc) is 2.29. The highest BCUT2D eigenvalue weighted by Crippen LogP contribution is 2.16. The second-order valence-corrected chi connectivity index (χ2v) is 4.62. The number of benzene rings is 1. The van der Waals surface area contributed by atoms with E-state index in [1.807, 2.05) is 0 Å². The number of amides is 2. The number of aliphatic hydroxyl groups is 1. The highest BCUT2D eigenvalue weighted by molar-refractivity contribution is 6.30. The summed E-state index contributed by atoms with van der Waals surface area (Å²) in [5, 5.41) is 12.8. The van der Waals surface area contributed by atoms with Crippen molar-refractivity contribution in [2.45, 2.75) is 18.9 Å². The van der Waals surface area contributed by atoms with Gasteiger partial charge in [-0.25, -0.2) is 4.79 Å². The van der Waals surface area contributed by atoms with E-state index in [1.165, 1.54) is 0 Å².